The van der Waals surface area contributed by atoms with Crippen LogP contribution in [0.1, 0.15) is 26.2 Å². The van der Waals surface area contributed by atoms with E-state index in [1.807, 2.05) is 0 Å². The van der Waals surface area contributed by atoms with Crippen LogP contribution in [0.4, 0.5) is 0 Å². The Morgan fingerprint density at radius 1 is 1.60 bits per heavy atom. The van der Waals surface area contributed by atoms with E-state index in [2.05, 4.69) is 5.32 Å². The number of carbonyl (C=O) groups is 1. The van der Waals surface area contributed by atoms with Crippen molar-refractivity contribution in [1.29, 1.82) is 0 Å². The number of rotatable bonds is 6. The SMILES string of the molecule is CC(O)CCN(C)C(=O)CNC1CC1.Cl. The molecule has 0 heterocycles. The van der Waals surface area contributed by atoms with E-state index in [1.54, 1.807) is 18.9 Å². The number of amides is 1. The second-order valence-electron chi connectivity index (χ2n) is 4.11. The monoisotopic (exact) mass is 236 g/mol. The van der Waals surface area contributed by atoms with Gasteiger partial charge in [0.15, 0.2) is 0 Å². The molecule has 1 unspecified atom stereocenters. The summed E-state index contributed by atoms with van der Waals surface area (Å²) in [5, 5.41) is 12.2. The number of halogens is 1. The van der Waals surface area contributed by atoms with Gasteiger partial charge in [-0.1, -0.05) is 0 Å². The maximum Gasteiger partial charge on any atom is 0.236 e. The van der Waals surface area contributed by atoms with Crippen LogP contribution in [0.25, 0.3) is 0 Å². The Kier molecular flexibility index (Phi) is 6.89. The van der Waals surface area contributed by atoms with Crippen LogP contribution in [0.15, 0.2) is 0 Å². The zero-order chi connectivity index (χ0) is 10.6. The molecule has 0 saturated heterocycles. The van der Waals surface area contributed by atoms with E-state index < -0.39 is 0 Å². The molecule has 1 aliphatic rings. The zero-order valence-electron chi connectivity index (χ0n) is 9.40. The van der Waals surface area contributed by atoms with Gasteiger partial charge >= 0.3 is 0 Å². The van der Waals surface area contributed by atoms with Crippen molar-refractivity contribution in [3.8, 4) is 0 Å². The molecular weight excluding hydrogens is 216 g/mol. The summed E-state index contributed by atoms with van der Waals surface area (Å²) in [4.78, 5) is 13.1. The van der Waals surface area contributed by atoms with Gasteiger partial charge in [0.1, 0.15) is 0 Å². The highest BCUT2D eigenvalue weighted by molar-refractivity contribution is 5.85. The average Bonchev–Trinajstić information content (AvgIpc) is 2.93. The van der Waals surface area contributed by atoms with E-state index in [0.29, 0.717) is 25.6 Å². The molecule has 0 spiro atoms. The van der Waals surface area contributed by atoms with Crippen LogP contribution in [-0.2, 0) is 4.79 Å². The van der Waals surface area contributed by atoms with Gasteiger partial charge in [-0.15, -0.1) is 12.4 Å². The Morgan fingerprint density at radius 2 is 2.20 bits per heavy atom. The van der Waals surface area contributed by atoms with Crippen molar-refractivity contribution in [2.24, 2.45) is 0 Å². The van der Waals surface area contributed by atoms with Gasteiger partial charge in [0, 0.05) is 19.6 Å². The quantitative estimate of drug-likeness (QED) is 0.702. The van der Waals surface area contributed by atoms with Gasteiger partial charge in [-0.05, 0) is 26.2 Å². The lowest BCUT2D eigenvalue weighted by molar-refractivity contribution is -0.129. The van der Waals surface area contributed by atoms with Crippen LogP contribution < -0.4 is 5.32 Å². The second kappa shape index (κ2) is 7.04. The Hall–Kier alpha value is -0.320. The van der Waals surface area contributed by atoms with Crippen molar-refractivity contribution >= 4 is 18.3 Å². The van der Waals surface area contributed by atoms with Gasteiger partial charge < -0.3 is 15.3 Å². The van der Waals surface area contributed by atoms with Crippen molar-refractivity contribution in [1.82, 2.24) is 10.2 Å². The minimum Gasteiger partial charge on any atom is -0.393 e. The summed E-state index contributed by atoms with van der Waals surface area (Å²) >= 11 is 0. The molecular formula is C10H21ClN2O2. The number of carbonyl (C=O) groups excluding carboxylic acids is 1. The van der Waals surface area contributed by atoms with Gasteiger partial charge in [0.25, 0.3) is 0 Å². The minimum absolute atomic E-state index is 0. The molecule has 1 fully saturated rings. The van der Waals surface area contributed by atoms with Crippen LogP contribution >= 0.6 is 12.4 Å². The number of aliphatic hydroxyl groups excluding tert-OH is 1. The van der Waals surface area contributed by atoms with E-state index in [1.165, 1.54) is 12.8 Å². The zero-order valence-corrected chi connectivity index (χ0v) is 10.2. The summed E-state index contributed by atoms with van der Waals surface area (Å²) in [5.74, 6) is 0.109. The van der Waals surface area contributed by atoms with Crippen molar-refractivity contribution in [3.63, 3.8) is 0 Å². The predicted octanol–water partition coefficient (Wildman–Crippen LogP) is 0.389. The molecule has 0 aliphatic heterocycles. The van der Waals surface area contributed by atoms with Crippen molar-refractivity contribution in [3.05, 3.63) is 0 Å². The van der Waals surface area contributed by atoms with E-state index in [4.69, 9.17) is 5.11 Å². The smallest absolute Gasteiger partial charge is 0.236 e. The van der Waals surface area contributed by atoms with Gasteiger partial charge in [-0.25, -0.2) is 0 Å². The molecule has 4 nitrogen and oxygen atoms in total. The molecule has 5 heteroatoms. The summed E-state index contributed by atoms with van der Waals surface area (Å²) < 4.78 is 0. The number of nitrogens with one attached hydrogen (secondary N) is 1. The third kappa shape index (κ3) is 6.71. The summed E-state index contributed by atoms with van der Waals surface area (Å²) in [7, 11) is 1.78. The topological polar surface area (TPSA) is 52.6 Å². The number of nitrogens with zero attached hydrogens (tertiary/aromatic N) is 1. The highest BCUT2D eigenvalue weighted by atomic mass is 35.5. The molecule has 1 amide bonds. The average molecular weight is 237 g/mol. The molecule has 0 aromatic carbocycles. The summed E-state index contributed by atoms with van der Waals surface area (Å²) in [5.41, 5.74) is 0. The van der Waals surface area contributed by atoms with Crippen LogP contribution in [0, 0.1) is 0 Å². The largest absolute Gasteiger partial charge is 0.393 e. The maximum absolute atomic E-state index is 11.5. The van der Waals surface area contributed by atoms with E-state index >= 15 is 0 Å². The Labute approximate surface area is 97.4 Å². The van der Waals surface area contributed by atoms with Crippen molar-refractivity contribution in [2.45, 2.75) is 38.3 Å². The number of hydrogen-bond donors (Lipinski definition) is 2. The fourth-order valence-electron chi connectivity index (χ4n) is 1.16. The second-order valence-corrected chi connectivity index (χ2v) is 4.11. The third-order valence-corrected chi connectivity index (χ3v) is 2.43. The lowest BCUT2D eigenvalue weighted by atomic mass is 10.3. The molecule has 15 heavy (non-hydrogen) atoms. The third-order valence-electron chi connectivity index (χ3n) is 2.43. The maximum atomic E-state index is 11.5. The van der Waals surface area contributed by atoms with Crippen molar-refractivity contribution < 1.29 is 9.90 Å². The van der Waals surface area contributed by atoms with E-state index in [0.717, 1.165) is 0 Å². The fraction of sp³-hybridized carbons (Fsp3) is 0.900. The van der Waals surface area contributed by atoms with Crippen LogP contribution in [-0.4, -0.2) is 48.2 Å². The lowest BCUT2D eigenvalue weighted by Gasteiger charge is -2.18. The molecule has 0 radical (unpaired) electrons. The molecule has 0 aromatic rings. The van der Waals surface area contributed by atoms with Gasteiger partial charge in [-0.3, -0.25) is 4.79 Å². The number of aliphatic hydroxyl groups is 1. The molecule has 1 atom stereocenters. The molecule has 1 aliphatic carbocycles. The standard InChI is InChI=1S/C10H20N2O2.ClH/c1-8(13)5-6-12(2)10(14)7-11-9-3-4-9;/h8-9,11,13H,3-7H2,1-2H3;1H. The number of hydrogen-bond acceptors (Lipinski definition) is 3. The number of likely N-dealkylation sites (N-methyl/N-ethyl adjacent to an activating group) is 1. The predicted molar refractivity (Wildman–Crippen MR) is 62.2 cm³/mol. The molecule has 90 valence electrons. The summed E-state index contributed by atoms with van der Waals surface area (Å²) in [6.07, 6.45) is 2.71. The Morgan fingerprint density at radius 3 is 2.67 bits per heavy atom. The normalized spacial score (nSPS) is 16.7. The first-order chi connectivity index (χ1) is 6.59. The Balaban J connectivity index is 0.00000196. The first kappa shape index (κ1) is 14.7. The summed E-state index contributed by atoms with van der Waals surface area (Å²) in [6.45, 7) is 2.80. The van der Waals surface area contributed by atoms with Crippen LogP contribution in [0.5, 0.6) is 0 Å². The minimum atomic E-state index is -0.332. The first-order valence-corrected chi connectivity index (χ1v) is 5.25. The van der Waals surface area contributed by atoms with Crippen molar-refractivity contribution in [2.75, 3.05) is 20.1 Å². The van der Waals surface area contributed by atoms with Crippen LogP contribution in [0.3, 0.4) is 0 Å². The molecule has 0 aromatic heterocycles. The highest BCUT2D eigenvalue weighted by Crippen LogP contribution is 2.18. The molecule has 0 bridgehead atoms. The lowest BCUT2D eigenvalue weighted by Crippen LogP contribution is -2.37. The fourth-order valence-corrected chi connectivity index (χ4v) is 1.16. The van der Waals surface area contributed by atoms with Gasteiger partial charge in [0.05, 0.1) is 12.6 Å². The highest BCUT2D eigenvalue weighted by Gasteiger charge is 2.21. The molecule has 2 N–H and O–H groups in total. The van der Waals surface area contributed by atoms with E-state index in [9.17, 15) is 4.79 Å². The van der Waals surface area contributed by atoms with E-state index in [-0.39, 0.29) is 24.4 Å². The summed E-state index contributed by atoms with van der Waals surface area (Å²) in [6, 6.07) is 0.573. The first-order valence-electron chi connectivity index (χ1n) is 5.25. The van der Waals surface area contributed by atoms with Gasteiger partial charge in [-0.2, -0.15) is 0 Å². The Bertz CT molecular complexity index is 196. The molecule has 1 saturated carbocycles. The van der Waals surface area contributed by atoms with Gasteiger partial charge in [0.2, 0.25) is 5.91 Å². The van der Waals surface area contributed by atoms with Crippen LogP contribution in [0.2, 0.25) is 0 Å². The molecule has 1 rings (SSSR count).